The quantitative estimate of drug-likeness (QED) is 0.203. The van der Waals surface area contributed by atoms with E-state index in [-0.39, 0.29) is 30.4 Å². The summed E-state index contributed by atoms with van der Waals surface area (Å²) in [6.07, 6.45) is 1.57. The second kappa shape index (κ2) is 13.2. The van der Waals surface area contributed by atoms with E-state index >= 15 is 0 Å². The third-order valence-electron chi connectivity index (χ3n) is 6.38. The number of rotatable bonds is 9. The number of hydrazone groups is 1. The Morgan fingerprint density at radius 1 is 1.02 bits per heavy atom. The van der Waals surface area contributed by atoms with E-state index in [9.17, 15) is 22.8 Å². The number of ether oxygens (including phenoxy) is 3. The summed E-state index contributed by atoms with van der Waals surface area (Å²) >= 11 is 1.13. The van der Waals surface area contributed by atoms with Crippen molar-refractivity contribution in [1.82, 2.24) is 15.0 Å². The molecule has 0 saturated carbocycles. The number of aromatic nitrogens is 2. The SMILES string of the molecule is CCOC(=O)c1cccc(COc2cccc(C3SC(c4ccc(C)nc4)=NN3C(=O)c3c(F)cc(F)cc3F)c2OC)n1. The molecule has 226 valence electrons. The van der Waals surface area contributed by atoms with Gasteiger partial charge in [-0.15, -0.1) is 0 Å². The highest BCUT2D eigenvalue weighted by Gasteiger charge is 2.39. The molecule has 13 heteroatoms. The van der Waals surface area contributed by atoms with Crippen molar-refractivity contribution in [3.8, 4) is 11.5 Å². The van der Waals surface area contributed by atoms with E-state index in [1.807, 2.05) is 6.92 Å². The van der Waals surface area contributed by atoms with E-state index < -0.39 is 40.3 Å². The summed E-state index contributed by atoms with van der Waals surface area (Å²) in [6, 6.07) is 14.2. The standard InChI is InChI=1S/C31H25F3N4O5S/c1-4-42-31(40)24-9-5-7-20(36-24)16-43-25-10-6-8-21(27(25)41-3)30-38(29(39)26-22(33)13-19(32)14-23(26)34)37-28(44-30)18-12-11-17(2)35-15-18/h5-15,30H,4,16H2,1-3H3. The number of nitrogens with zero attached hydrogens (tertiary/aromatic N) is 4. The molecule has 5 rings (SSSR count). The Balaban J connectivity index is 1.50. The van der Waals surface area contributed by atoms with Crippen LogP contribution in [0.3, 0.4) is 0 Å². The zero-order valence-electron chi connectivity index (χ0n) is 23.7. The van der Waals surface area contributed by atoms with Crippen molar-refractivity contribution in [2.45, 2.75) is 25.8 Å². The van der Waals surface area contributed by atoms with Gasteiger partial charge in [0, 0.05) is 35.2 Å². The highest BCUT2D eigenvalue weighted by atomic mass is 32.2. The van der Waals surface area contributed by atoms with Gasteiger partial charge in [-0.1, -0.05) is 30.0 Å². The predicted molar refractivity (Wildman–Crippen MR) is 156 cm³/mol. The maximum atomic E-state index is 14.7. The van der Waals surface area contributed by atoms with E-state index in [1.165, 1.54) is 13.2 Å². The smallest absolute Gasteiger partial charge is 0.356 e. The Labute approximate surface area is 254 Å². The number of pyridine rings is 2. The number of benzene rings is 2. The van der Waals surface area contributed by atoms with Crippen LogP contribution in [-0.2, 0) is 11.3 Å². The number of hydrogen-bond acceptors (Lipinski definition) is 9. The van der Waals surface area contributed by atoms with Gasteiger partial charge in [0.1, 0.15) is 45.7 Å². The molecule has 4 aromatic rings. The van der Waals surface area contributed by atoms with Crippen molar-refractivity contribution in [1.29, 1.82) is 0 Å². The van der Waals surface area contributed by atoms with Crippen molar-refractivity contribution in [2.24, 2.45) is 5.10 Å². The average Bonchev–Trinajstić information content (AvgIpc) is 3.45. The summed E-state index contributed by atoms with van der Waals surface area (Å²) in [5, 5.41) is 4.72. The monoisotopic (exact) mass is 622 g/mol. The lowest BCUT2D eigenvalue weighted by atomic mass is 10.1. The van der Waals surface area contributed by atoms with Gasteiger partial charge in [-0.2, -0.15) is 5.10 Å². The summed E-state index contributed by atoms with van der Waals surface area (Å²) in [5.41, 5.74) is 1.34. The number of para-hydroxylation sites is 1. The summed E-state index contributed by atoms with van der Waals surface area (Å²) in [6.45, 7) is 3.66. The fourth-order valence-electron chi connectivity index (χ4n) is 4.35. The number of carbonyl (C=O) groups excluding carboxylic acids is 2. The van der Waals surface area contributed by atoms with Crippen LogP contribution in [0.4, 0.5) is 13.2 Å². The lowest BCUT2D eigenvalue weighted by Crippen LogP contribution is -2.28. The summed E-state index contributed by atoms with van der Waals surface area (Å²) in [5.74, 6) is -5.08. The van der Waals surface area contributed by atoms with E-state index in [0.29, 0.717) is 34.0 Å². The number of halogens is 3. The van der Waals surface area contributed by atoms with Gasteiger partial charge >= 0.3 is 5.97 Å². The number of thioether (sulfide) groups is 1. The number of esters is 1. The molecule has 0 bridgehead atoms. The second-order valence-electron chi connectivity index (χ2n) is 9.36. The lowest BCUT2D eigenvalue weighted by molar-refractivity contribution is 0.0518. The zero-order valence-corrected chi connectivity index (χ0v) is 24.5. The van der Waals surface area contributed by atoms with Crippen LogP contribution in [0.15, 0.2) is 72.0 Å². The minimum Gasteiger partial charge on any atom is -0.492 e. The Bertz CT molecular complexity index is 1730. The van der Waals surface area contributed by atoms with Gasteiger partial charge in [0.2, 0.25) is 0 Å². The van der Waals surface area contributed by atoms with Crippen LogP contribution in [0.5, 0.6) is 11.5 Å². The molecule has 3 heterocycles. The summed E-state index contributed by atoms with van der Waals surface area (Å²) in [7, 11) is 1.40. The molecular formula is C31H25F3N4O5S. The van der Waals surface area contributed by atoms with Gasteiger partial charge in [0.05, 0.1) is 19.4 Å². The molecule has 0 spiro atoms. The van der Waals surface area contributed by atoms with Crippen LogP contribution in [0.1, 0.15) is 55.7 Å². The fraction of sp³-hybridized carbons (Fsp3) is 0.194. The summed E-state index contributed by atoms with van der Waals surface area (Å²) in [4.78, 5) is 34.3. The number of amides is 1. The number of carbonyl (C=O) groups is 2. The molecule has 2 aromatic heterocycles. The molecular weight excluding hydrogens is 597 g/mol. The lowest BCUT2D eigenvalue weighted by Gasteiger charge is -2.24. The van der Waals surface area contributed by atoms with Gasteiger partial charge < -0.3 is 14.2 Å². The van der Waals surface area contributed by atoms with Gasteiger partial charge in [-0.05, 0) is 44.2 Å². The molecule has 2 aromatic carbocycles. The highest BCUT2D eigenvalue weighted by molar-refractivity contribution is 8.14. The van der Waals surface area contributed by atoms with Crippen molar-refractivity contribution >= 4 is 28.7 Å². The topological polar surface area (TPSA) is 103 Å². The first-order chi connectivity index (χ1) is 21.2. The Kier molecular flexibility index (Phi) is 9.14. The first kappa shape index (κ1) is 30.5. The molecule has 1 aliphatic rings. The number of aryl methyl sites for hydroxylation is 1. The minimum atomic E-state index is -1.36. The minimum absolute atomic E-state index is 0.0453. The Morgan fingerprint density at radius 3 is 2.45 bits per heavy atom. The molecule has 1 amide bonds. The van der Waals surface area contributed by atoms with Crippen molar-refractivity contribution < 1.29 is 37.0 Å². The van der Waals surface area contributed by atoms with Crippen LogP contribution < -0.4 is 9.47 Å². The highest BCUT2D eigenvalue weighted by Crippen LogP contribution is 2.47. The normalized spacial score (nSPS) is 14.3. The van der Waals surface area contributed by atoms with E-state index in [2.05, 4.69) is 15.1 Å². The van der Waals surface area contributed by atoms with Crippen LogP contribution in [0.25, 0.3) is 0 Å². The molecule has 0 N–H and O–H groups in total. The molecule has 0 radical (unpaired) electrons. The van der Waals surface area contributed by atoms with E-state index in [0.717, 1.165) is 22.5 Å². The molecule has 0 aliphatic carbocycles. The molecule has 0 saturated heterocycles. The third-order valence-corrected chi connectivity index (χ3v) is 7.60. The van der Waals surface area contributed by atoms with Crippen molar-refractivity contribution in [3.05, 3.63) is 118 Å². The molecule has 9 nitrogen and oxygen atoms in total. The van der Waals surface area contributed by atoms with Gasteiger partial charge in [0.25, 0.3) is 5.91 Å². The third kappa shape index (κ3) is 6.37. The predicted octanol–water partition coefficient (Wildman–Crippen LogP) is 6.22. The Hall–Kier alpha value is -4.91. The largest absolute Gasteiger partial charge is 0.492 e. The number of methoxy groups -OCH3 is 1. The van der Waals surface area contributed by atoms with Gasteiger partial charge in [-0.3, -0.25) is 9.78 Å². The first-order valence-corrected chi connectivity index (χ1v) is 14.2. The first-order valence-electron chi connectivity index (χ1n) is 13.3. The van der Waals surface area contributed by atoms with Gasteiger partial charge in [0.15, 0.2) is 11.5 Å². The molecule has 1 unspecified atom stereocenters. The molecule has 0 fully saturated rings. The summed E-state index contributed by atoms with van der Waals surface area (Å²) < 4.78 is 59.8. The maximum Gasteiger partial charge on any atom is 0.356 e. The maximum absolute atomic E-state index is 14.7. The Morgan fingerprint density at radius 2 is 1.77 bits per heavy atom. The number of hydrogen-bond donors (Lipinski definition) is 0. The van der Waals surface area contributed by atoms with Crippen LogP contribution in [0.2, 0.25) is 0 Å². The molecule has 1 aliphatic heterocycles. The van der Waals surface area contributed by atoms with Crippen molar-refractivity contribution in [2.75, 3.05) is 13.7 Å². The van der Waals surface area contributed by atoms with Crippen LogP contribution in [0, 0.1) is 24.4 Å². The fourth-order valence-corrected chi connectivity index (χ4v) is 5.51. The zero-order chi connectivity index (χ0) is 31.4. The van der Waals surface area contributed by atoms with Crippen LogP contribution in [-0.4, -0.2) is 45.6 Å². The van der Waals surface area contributed by atoms with E-state index in [4.69, 9.17) is 14.2 Å². The average molecular weight is 623 g/mol. The molecule has 1 atom stereocenters. The van der Waals surface area contributed by atoms with Gasteiger partial charge in [-0.25, -0.2) is 28.0 Å². The second-order valence-corrected chi connectivity index (χ2v) is 10.4. The van der Waals surface area contributed by atoms with Crippen LogP contribution >= 0.6 is 11.8 Å². The van der Waals surface area contributed by atoms with E-state index in [1.54, 1.807) is 55.6 Å². The molecule has 44 heavy (non-hydrogen) atoms. The van der Waals surface area contributed by atoms with Crippen molar-refractivity contribution in [3.63, 3.8) is 0 Å².